The van der Waals surface area contributed by atoms with Crippen LogP contribution < -0.4 is 10.6 Å². The van der Waals surface area contributed by atoms with E-state index in [1.54, 1.807) is 64.1 Å². The van der Waals surface area contributed by atoms with Gasteiger partial charge in [-0.1, -0.05) is 54.1 Å². The van der Waals surface area contributed by atoms with Gasteiger partial charge in [-0.3, -0.25) is 14.4 Å². The van der Waals surface area contributed by atoms with Gasteiger partial charge in [-0.25, -0.2) is 4.79 Å². The molecule has 10 heteroatoms. The summed E-state index contributed by atoms with van der Waals surface area (Å²) in [5, 5.41) is 14.8. The maximum atomic E-state index is 14.1. The van der Waals surface area contributed by atoms with Crippen LogP contribution in [0.3, 0.4) is 0 Å². The van der Waals surface area contributed by atoms with Crippen LogP contribution in [0.2, 0.25) is 0 Å². The number of rotatable bonds is 10. The summed E-state index contributed by atoms with van der Waals surface area (Å²) in [6.07, 6.45) is -0.726. The number of carbonyl (C=O) groups excluding carboxylic acids is 4. The lowest BCUT2D eigenvalue weighted by molar-refractivity contribution is -0.144. The Bertz CT molecular complexity index is 1220. The highest BCUT2D eigenvalue weighted by molar-refractivity contribution is 5.93. The Hall–Kier alpha value is -4.39. The predicted octanol–water partition coefficient (Wildman–Crippen LogP) is 3.12. The number of ether oxygens (including phenoxy) is 2. The van der Waals surface area contributed by atoms with E-state index < -0.39 is 54.7 Å². The molecule has 2 aromatic carbocycles. The molecule has 2 unspecified atom stereocenters. The molecule has 0 aliphatic rings. The van der Waals surface area contributed by atoms with E-state index in [4.69, 9.17) is 4.74 Å². The molecule has 0 aliphatic heterocycles. The van der Waals surface area contributed by atoms with Crippen LogP contribution in [0.5, 0.6) is 0 Å². The van der Waals surface area contributed by atoms with E-state index in [2.05, 4.69) is 15.4 Å². The lowest BCUT2D eigenvalue weighted by Gasteiger charge is -2.33. The number of hydrogen-bond acceptors (Lipinski definition) is 7. The Labute approximate surface area is 229 Å². The molecule has 2 atom stereocenters. The first kappa shape index (κ1) is 30.8. The third-order valence-corrected chi connectivity index (χ3v) is 5.71. The Morgan fingerprint density at radius 3 is 2.28 bits per heavy atom. The van der Waals surface area contributed by atoms with Gasteiger partial charge in [-0.15, -0.1) is 0 Å². The predicted molar refractivity (Wildman–Crippen MR) is 144 cm³/mol. The minimum absolute atomic E-state index is 0.0875. The normalized spacial score (nSPS) is 12.3. The van der Waals surface area contributed by atoms with Gasteiger partial charge in [0.15, 0.2) is 0 Å². The van der Waals surface area contributed by atoms with Gasteiger partial charge >= 0.3 is 12.1 Å². The van der Waals surface area contributed by atoms with E-state index in [9.17, 15) is 24.4 Å². The van der Waals surface area contributed by atoms with E-state index >= 15 is 0 Å². The van der Waals surface area contributed by atoms with Crippen molar-refractivity contribution >= 4 is 23.9 Å². The van der Waals surface area contributed by atoms with Gasteiger partial charge in [0.2, 0.25) is 11.8 Å². The average molecular weight is 537 g/mol. The fraction of sp³-hybridized carbons (Fsp3) is 0.414. The molecule has 3 amide bonds. The van der Waals surface area contributed by atoms with Crippen molar-refractivity contribution in [1.29, 1.82) is 5.26 Å². The third kappa shape index (κ3) is 9.45. The highest BCUT2D eigenvalue weighted by Crippen LogP contribution is 2.27. The Balaban J connectivity index is 2.55. The van der Waals surface area contributed by atoms with Crippen molar-refractivity contribution in [2.75, 3.05) is 20.2 Å². The number of carbonyl (C=O) groups is 4. The first-order valence-electron chi connectivity index (χ1n) is 12.5. The summed E-state index contributed by atoms with van der Waals surface area (Å²) in [4.78, 5) is 53.1. The average Bonchev–Trinajstić information content (AvgIpc) is 2.86. The van der Waals surface area contributed by atoms with Gasteiger partial charge in [-0.05, 0) is 51.3 Å². The van der Waals surface area contributed by atoms with E-state index in [1.165, 1.54) is 7.11 Å². The summed E-state index contributed by atoms with van der Waals surface area (Å²) in [7, 11) is 1.19. The number of esters is 1. The van der Waals surface area contributed by atoms with Crippen molar-refractivity contribution in [2.24, 2.45) is 0 Å². The zero-order valence-corrected chi connectivity index (χ0v) is 23.2. The SMILES string of the molecule is COC(=O)CNC(=O)C(c1ccc(C)cc1C)N(CC#N)C(=O)C(Cc1ccccc1)NC(=O)OC(C)(C)C. The zero-order valence-electron chi connectivity index (χ0n) is 23.2. The Kier molecular flexibility index (Phi) is 11.0. The summed E-state index contributed by atoms with van der Waals surface area (Å²) in [6, 6.07) is 13.9. The van der Waals surface area contributed by atoms with Crippen LogP contribution in [-0.2, 0) is 30.3 Å². The molecule has 0 bridgehead atoms. The fourth-order valence-electron chi connectivity index (χ4n) is 3.98. The molecule has 2 rings (SSSR count). The van der Waals surface area contributed by atoms with Crippen molar-refractivity contribution in [1.82, 2.24) is 15.5 Å². The van der Waals surface area contributed by atoms with Crippen LogP contribution in [0.15, 0.2) is 48.5 Å². The summed E-state index contributed by atoms with van der Waals surface area (Å²) < 4.78 is 10.0. The molecule has 0 radical (unpaired) electrons. The lowest BCUT2D eigenvalue weighted by atomic mass is 9.96. The lowest BCUT2D eigenvalue weighted by Crippen LogP contribution is -2.54. The van der Waals surface area contributed by atoms with Crippen LogP contribution in [0.1, 0.15) is 49.1 Å². The van der Waals surface area contributed by atoms with Crippen LogP contribution >= 0.6 is 0 Å². The molecule has 0 heterocycles. The highest BCUT2D eigenvalue weighted by atomic mass is 16.6. The second-order valence-corrected chi connectivity index (χ2v) is 10.1. The maximum absolute atomic E-state index is 14.1. The third-order valence-electron chi connectivity index (χ3n) is 5.71. The first-order chi connectivity index (χ1) is 18.4. The van der Waals surface area contributed by atoms with E-state index in [0.29, 0.717) is 11.1 Å². The smallest absolute Gasteiger partial charge is 0.408 e. The number of aryl methyl sites for hydroxylation is 2. The minimum atomic E-state index is -1.26. The molecule has 2 N–H and O–H groups in total. The Morgan fingerprint density at radius 1 is 1.05 bits per heavy atom. The molecule has 0 saturated carbocycles. The van der Waals surface area contributed by atoms with E-state index in [0.717, 1.165) is 16.0 Å². The number of amides is 3. The number of benzene rings is 2. The maximum Gasteiger partial charge on any atom is 0.408 e. The monoisotopic (exact) mass is 536 g/mol. The number of nitriles is 1. The van der Waals surface area contributed by atoms with Crippen molar-refractivity contribution < 1.29 is 28.7 Å². The summed E-state index contributed by atoms with van der Waals surface area (Å²) >= 11 is 0. The molecule has 0 aromatic heterocycles. The number of methoxy groups -OCH3 is 1. The molecule has 10 nitrogen and oxygen atoms in total. The van der Waals surface area contributed by atoms with Crippen LogP contribution in [-0.4, -0.2) is 60.6 Å². The molecule has 2 aromatic rings. The largest absolute Gasteiger partial charge is 0.468 e. The van der Waals surface area contributed by atoms with Gasteiger partial charge < -0.3 is 25.0 Å². The number of nitrogens with zero attached hydrogens (tertiary/aromatic N) is 2. The number of hydrogen-bond donors (Lipinski definition) is 2. The van der Waals surface area contributed by atoms with Crippen molar-refractivity contribution in [3.63, 3.8) is 0 Å². The molecule has 208 valence electrons. The minimum Gasteiger partial charge on any atom is -0.468 e. The van der Waals surface area contributed by atoms with E-state index in [1.807, 2.05) is 25.1 Å². The Morgan fingerprint density at radius 2 is 1.72 bits per heavy atom. The van der Waals surface area contributed by atoms with Crippen molar-refractivity contribution in [3.05, 3.63) is 70.8 Å². The van der Waals surface area contributed by atoms with Gasteiger partial charge in [0.25, 0.3) is 0 Å². The zero-order chi connectivity index (χ0) is 29.2. The molecular formula is C29H36N4O6. The van der Waals surface area contributed by atoms with Crippen LogP contribution in [0.4, 0.5) is 4.79 Å². The highest BCUT2D eigenvalue weighted by Gasteiger charge is 2.37. The van der Waals surface area contributed by atoms with Crippen LogP contribution in [0.25, 0.3) is 0 Å². The van der Waals surface area contributed by atoms with Crippen molar-refractivity contribution in [3.8, 4) is 6.07 Å². The number of alkyl carbamates (subject to hydrolysis) is 1. The number of nitrogens with one attached hydrogen (secondary N) is 2. The second kappa shape index (κ2) is 14.0. The molecule has 39 heavy (non-hydrogen) atoms. The molecule has 0 spiro atoms. The van der Waals surface area contributed by atoms with Gasteiger partial charge in [0.05, 0.1) is 13.2 Å². The van der Waals surface area contributed by atoms with Gasteiger partial charge in [0, 0.05) is 6.42 Å². The van der Waals surface area contributed by atoms with Gasteiger partial charge in [-0.2, -0.15) is 5.26 Å². The topological polar surface area (TPSA) is 138 Å². The van der Waals surface area contributed by atoms with Crippen LogP contribution in [0, 0.1) is 25.2 Å². The quantitative estimate of drug-likeness (QED) is 0.351. The van der Waals surface area contributed by atoms with Gasteiger partial charge in [0.1, 0.15) is 30.8 Å². The second-order valence-electron chi connectivity index (χ2n) is 10.1. The molecular weight excluding hydrogens is 500 g/mol. The summed E-state index contributed by atoms with van der Waals surface area (Å²) in [5.74, 6) is -2.01. The van der Waals surface area contributed by atoms with E-state index in [-0.39, 0.29) is 6.42 Å². The summed E-state index contributed by atoms with van der Waals surface area (Å²) in [5.41, 5.74) is 2.07. The standard InChI is InChI=1S/C29H36N4O6/c1-19-12-13-22(20(2)16-19)25(26(35)31-18-24(34)38-6)33(15-14-30)27(36)23(17-21-10-8-7-9-11-21)32-28(37)39-29(3,4)5/h7-13,16,23,25H,15,17-18H2,1-6H3,(H,31,35)(H,32,37). The molecule has 0 aliphatic carbocycles. The molecule has 0 fully saturated rings. The fourth-order valence-corrected chi connectivity index (χ4v) is 3.98. The molecule has 0 saturated heterocycles. The van der Waals surface area contributed by atoms with Crippen molar-refractivity contribution in [2.45, 2.75) is 58.7 Å². The first-order valence-corrected chi connectivity index (χ1v) is 12.5. The summed E-state index contributed by atoms with van der Waals surface area (Å²) in [6.45, 7) is 7.90.